The maximum atomic E-state index is 14.6. The topological polar surface area (TPSA) is 118 Å². The van der Waals surface area contributed by atoms with Crippen LogP contribution in [0.2, 0.25) is 5.02 Å². The van der Waals surface area contributed by atoms with Gasteiger partial charge in [-0.2, -0.15) is 0 Å². The Bertz CT molecular complexity index is 2030. The lowest BCUT2D eigenvalue weighted by Crippen LogP contribution is -2.27. The second-order valence-electron chi connectivity index (χ2n) is 10.0. The summed E-state index contributed by atoms with van der Waals surface area (Å²) in [6, 6.07) is 15.9. The molecule has 4 heterocycles. The number of pyridine rings is 2. The summed E-state index contributed by atoms with van der Waals surface area (Å²) in [5, 5.41) is 5.12. The average Bonchev–Trinajstić information content (AvgIpc) is 2.99. The summed E-state index contributed by atoms with van der Waals surface area (Å²) in [6.07, 6.45) is 6.18. The SMILES string of the molecule is CC(C)c1ncncc1-c1cccc2c(Cl)c([C@H](C)Nc3ncnc4[nH]ccc(=O)c34)n(-c3ccccc3)c(=O)c12. The highest BCUT2D eigenvalue weighted by molar-refractivity contribution is 6.36. The van der Waals surface area contributed by atoms with Gasteiger partial charge in [-0.05, 0) is 30.5 Å². The number of nitrogens with one attached hydrogen (secondary N) is 2. The molecule has 4 aromatic heterocycles. The molecule has 2 N–H and O–H groups in total. The van der Waals surface area contributed by atoms with Gasteiger partial charge in [0.05, 0.1) is 27.8 Å². The number of hydrogen-bond acceptors (Lipinski definition) is 7. The lowest BCUT2D eigenvalue weighted by Gasteiger charge is -2.24. The molecule has 2 aromatic carbocycles. The van der Waals surface area contributed by atoms with Gasteiger partial charge in [0.25, 0.3) is 5.56 Å². The van der Waals surface area contributed by atoms with Crippen molar-refractivity contribution in [1.82, 2.24) is 29.5 Å². The number of para-hydroxylation sites is 1. The van der Waals surface area contributed by atoms with E-state index in [1.165, 1.54) is 24.9 Å². The van der Waals surface area contributed by atoms with Gasteiger partial charge in [-0.25, -0.2) is 19.9 Å². The van der Waals surface area contributed by atoms with Crippen LogP contribution in [0.3, 0.4) is 0 Å². The number of hydrogen-bond donors (Lipinski definition) is 2. The van der Waals surface area contributed by atoms with Gasteiger partial charge in [0.1, 0.15) is 29.5 Å². The largest absolute Gasteiger partial charge is 0.361 e. The lowest BCUT2D eigenvalue weighted by atomic mass is 9.94. The fourth-order valence-corrected chi connectivity index (χ4v) is 5.67. The molecule has 0 bridgehead atoms. The maximum absolute atomic E-state index is 14.6. The second-order valence-corrected chi connectivity index (χ2v) is 10.4. The first-order valence-electron chi connectivity index (χ1n) is 13.2. The molecule has 1 atom stereocenters. The Balaban J connectivity index is 1.63. The van der Waals surface area contributed by atoms with Crippen LogP contribution in [0.25, 0.3) is 38.6 Å². The third kappa shape index (κ3) is 4.54. The van der Waals surface area contributed by atoms with Crippen molar-refractivity contribution in [2.75, 3.05) is 5.32 Å². The minimum Gasteiger partial charge on any atom is -0.361 e. The maximum Gasteiger partial charge on any atom is 0.263 e. The van der Waals surface area contributed by atoms with E-state index in [2.05, 4.69) is 44.1 Å². The number of benzene rings is 2. The van der Waals surface area contributed by atoms with E-state index < -0.39 is 6.04 Å². The summed E-state index contributed by atoms with van der Waals surface area (Å²) in [4.78, 5) is 47.6. The van der Waals surface area contributed by atoms with Gasteiger partial charge >= 0.3 is 0 Å². The third-order valence-electron chi connectivity index (χ3n) is 7.09. The molecule has 0 radical (unpaired) electrons. The molecule has 0 aliphatic heterocycles. The first-order chi connectivity index (χ1) is 19.9. The fourth-order valence-electron chi connectivity index (χ4n) is 5.26. The molecule has 0 unspecified atom stereocenters. The summed E-state index contributed by atoms with van der Waals surface area (Å²) in [7, 11) is 0. The smallest absolute Gasteiger partial charge is 0.263 e. The molecule has 204 valence electrons. The molecule has 6 aromatic rings. The molecule has 0 fully saturated rings. The van der Waals surface area contributed by atoms with Crippen molar-refractivity contribution in [3.05, 3.63) is 117 Å². The van der Waals surface area contributed by atoms with E-state index in [1.807, 2.05) is 55.5 Å². The van der Waals surface area contributed by atoms with Gasteiger partial charge in [0.15, 0.2) is 5.43 Å². The van der Waals surface area contributed by atoms with Crippen molar-refractivity contribution in [3.8, 4) is 16.8 Å². The Hall–Kier alpha value is -4.89. The van der Waals surface area contributed by atoms with Crippen LogP contribution in [0.15, 0.2) is 89.2 Å². The van der Waals surface area contributed by atoms with Gasteiger partial charge < -0.3 is 10.3 Å². The molecule has 0 spiro atoms. The molecule has 0 aliphatic carbocycles. The number of aromatic nitrogens is 6. The van der Waals surface area contributed by atoms with Crippen LogP contribution < -0.4 is 16.3 Å². The Morgan fingerprint density at radius 3 is 2.46 bits per heavy atom. The van der Waals surface area contributed by atoms with E-state index in [1.54, 1.807) is 10.8 Å². The number of nitrogens with zero attached hydrogens (tertiary/aromatic N) is 5. The predicted molar refractivity (Wildman–Crippen MR) is 162 cm³/mol. The van der Waals surface area contributed by atoms with Crippen molar-refractivity contribution >= 4 is 39.2 Å². The highest BCUT2D eigenvalue weighted by Gasteiger charge is 2.25. The second kappa shape index (κ2) is 10.6. The molecule has 0 saturated heterocycles. The van der Waals surface area contributed by atoms with E-state index >= 15 is 0 Å². The van der Waals surface area contributed by atoms with Crippen LogP contribution in [0, 0.1) is 0 Å². The fraction of sp³-hybridized carbons (Fsp3) is 0.161. The first-order valence-corrected chi connectivity index (χ1v) is 13.6. The van der Waals surface area contributed by atoms with E-state index in [4.69, 9.17) is 11.6 Å². The number of anilines is 1. The Kier molecular flexibility index (Phi) is 6.80. The Morgan fingerprint density at radius 1 is 0.878 bits per heavy atom. The van der Waals surface area contributed by atoms with Crippen molar-refractivity contribution in [2.24, 2.45) is 0 Å². The van der Waals surface area contributed by atoms with Crippen LogP contribution in [0.5, 0.6) is 0 Å². The summed E-state index contributed by atoms with van der Waals surface area (Å²) in [5.74, 6) is 0.453. The van der Waals surface area contributed by atoms with E-state index in [0.717, 1.165) is 11.3 Å². The van der Waals surface area contributed by atoms with E-state index in [-0.39, 0.29) is 16.9 Å². The molecule has 0 amide bonds. The van der Waals surface area contributed by atoms with Gasteiger partial charge in [0.2, 0.25) is 0 Å². The standard InChI is InChI=1S/C31H26ClN7O2/c1-17(2)27-22(14-33-15-35-27)20-10-7-11-21-24(20)31(41)39(19-8-5-4-6-9-19)28(26(21)32)18(3)38-30-25-23(40)12-13-34-29(25)36-16-37-30/h4-18H,1-3H3,(H2,34,36,37,38,40)/t18-/m0/s1. The molecular formula is C31H26ClN7O2. The Labute approximate surface area is 239 Å². The van der Waals surface area contributed by atoms with Gasteiger partial charge in [-0.1, -0.05) is 61.8 Å². The van der Waals surface area contributed by atoms with Crippen molar-refractivity contribution < 1.29 is 0 Å². The van der Waals surface area contributed by atoms with E-state index in [0.29, 0.717) is 49.6 Å². The predicted octanol–water partition coefficient (Wildman–Crippen LogP) is 6.03. The van der Waals surface area contributed by atoms with Crippen LogP contribution in [-0.2, 0) is 0 Å². The molecule has 0 aliphatic rings. The van der Waals surface area contributed by atoms with Gasteiger partial charge in [0, 0.05) is 35.1 Å². The minimum atomic E-state index is -0.535. The van der Waals surface area contributed by atoms with Gasteiger partial charge in [-0.3, -0.25) is 14.2 Å². The van der Waals surface area contributed by atoms with Crippen LogP contribution in [0.1, 0.15) is 44.1 Å². The van der Waals surface area contributed by atoms with E-state index in [9.17, 15) is 9.59 Å². The number of fused-ring (bicyclic) bond motifs is 2. The number of aromatic amines is 1. The zero-order valence-electron chi connectivity index (χ0n) is 22.6. The number of H-pyrrole nitrogens is 1. The molecule has 6 rings (SSSR count). The number of halogens is 1. The van der Waals surface area contributed by atoms with Crippen LogP contribution in [0.4, 0.5) is 5.82 Å². The summed E-state index contributed by atoms with van der Waals surface area (Å²) in [5.41, 5.74) is 3.46. The third-order valence-corrected chi connectivity index (χ3v) is 7.49. The summed E-state index contributed by atoms with van der Waals surface area (Å²) >= 11 is 7.21. The summed E-state index contributed by atoms with van der Waals surface area (Å²) in [6.45, 7) is 5.99. The molecular weight excluding hydrogens is 538 g/mol. The highest BCUT2D eigenvalue weighted by atomic mass is 35.5. The van der Waals surface area contributed by atoms with Crippen LogP contribution >= 0.6 is 11.6 Å². The quantitative estimate of drug-likeness (QED) is 0.254. The lowest BCUT2D eigenvalue weighted by molar-refractivity contribution is 0.774. The highest BCUT2D eigenvalue weighted by Crippen LogP contribution is 2.37. The first kappa shape index (κ1) is 26.3. The minimum absolute atomic E-state index is 0.115. The molecule has 9 nitrogen and oxygen atoms in total. The molecule has 10 heteroatoms. The normalized spacial score (nSPS) is 12.2. The zero-order valence-corrected chi connectivity index (χ0v) is 23.3. The monoisotopic (exact) mass is 563 g/mol. The van der Waals surface area contributed by atoms with Crippen LogP contribution in [-0.4, -0.2) is 29.5 Å². The molecule has 41 heavy (non-hydrogen) atoms. The average molecular weight is 564 g/mol. The summed E-state index contributed by atoms with van der Waals surface area (Å²) < 4.78 is 1.62. The molecule has 0 saturated carbocycles. The zero-order chi connectivity index (χ0) is 28.7. The van der Waals surface area contributed by atoms with Gasteiger partial charge in [-0.15, -0.1) is 0 Å². The van der Waals surface area contributed by atoms with Crippen molar-refractivity contribution in [1.29, 1.82) is 0 Å². The number of rotatable bonds is 6. The van der Waals surface area contributed by atoms with Crippen molar-refractivity contribution in [3.63, 3.8) is 0 Å². The Morgan fingerprint density at radius 2 is 1.68 bits per heavy atom. The van der Waals surface area contributed by atoms with Crippen molar-refractivity contribution in [2.45, 2.75) is 32.7 Å².